The molecule has 0 spiro atoms. The number of anilines is 1. The lowest BCUT2D eigenvalue weighted by Gasteiger charge is -2.16. The molecule has 1 rings (SSSR count). The van der Waals surface area contributed by atoms with Gasteiger partial charge in [0.15, 0.2) is 0 Å². The van der Waals surface area contributed by atoms with Crippen LogP contribution in [0.2, 0.25) is 0 Å². The Labute approximate surface area is 112 Å². The highest BCUT2D eigenvalue weighted by Crippen LogP contribution is 2.21. The van der Waals surface area contributed by atoms with Gasteiger partial charge in [0, 0.05) is 17.8 Å². The summed E-state index contributed by atoms with van der Waals surface area (Å²) in [6.45, 7) is 3.99. The van der Waals surface area contributed by atoms with Crippen molar-refractivity contribution in [2.45, 2.75) is 39.2 Å². The van der Waals surface area contributed by atoms with E-state index < -0.39 is 10.8 Å². The van der Waals surface area contributed by atoms with Crippen LogP contribution in [0.15, 0.2) is 18.2 Å². The van der Waals surface area contributed by atoms with Gasteiger partial charge in [-0.3, -0.25) is 14.9 Å². The summed E-state index contributed by atoms with van der Waals surface area (Å²) in [5, 5.41) is 13.7. The van der Waals surface area contributed by atoms with Crippen molar-refractivity contribution in [3.63, 3.8) is 0 Å². The Kier molecular flexibility index (Phi) is 5.29. The van der Waals surface area contributed by atoms with Gasteiger partial charge in [0.25, 0.3) is 11.6 Å². The van der Waals surface area contributed by atoms with Crippen LogP contribution in [-0.4, -0.2) is 16.9 Å². The van der Waals surface area contributed by atoms with Crippen LogP contribution in [0.3, 0.4) is 0 Å². The van der Waals surface area contributed by atoms with Crippen molar-refractivity contribution < 1.29 is 9.72 Å². The second-order valence-corrected chi connectivity index (χ2v) is 4.40. The number of benzene rings is 1. The third-order valence-electron chi connectivity index (χ3n) is 2.93. The fourth-order valence-corrected chi connectivity index (χ4v) is 1.88. The first-order valence-corrected chi connectivity index (χ1v) is 6.34. The molecular weight excluding hydrogens is 246 g/mol. The van der Waals surface area contributed by atoms with E-state index in [-0.39, 0.29) is 17.3 Å². The first kappa shape index (κ1) is 14.9. The maximum absolute atomic E-state index is 12.1. The second-order valence-electron chi connectivity index (χ2n) is 4.40. The molecule has 0 radical (unpaired) electrons. The van der Waals surface area contributed by atoms with Crippen molar-refractivity contribution in [1.82, 2.24) is 5.32 Å². The van der Waals surface area contributed by atoms with Gasteiger partial charge in [0.1, 0.15) is 5.56 Å². The first-order chi connectivity index (χ1) is 8.99. The highest BCUT2D eigenvalue weighted by atomic mass is 16.6. The first-order valence-electron chi connectivity index (χ1n) is 6.34. The van der Waals surface area contributed by atoms with Gasteiger partial charge in [-0.15, -0.1) is 0 Å². The van der Waals surface area contributed by atoms with E-state index in [1.807, 2.05) is 13.8 Å². The van der Waals surface area contributed by atoms with Crippen molar-refractivity contribution in [3.8, 4) is 0 Å². The normalized spacial score (nSPS) is 11.9. The molecule has 1 atom stereocenters. The third-order valence-corrected chi connectivity index (χ3v) is 2.93. The summed E-state index contributed by atoms with van der Waals surface area (Å²) >= 11 is 0. The summed E-state index contributed by atoms with van der Waals surface area (Å²) in [6.07, 6.45) is 2.58. The number of hydrogen-bond donors (Lipinski definition) is 2. The molecule has 104 valence electrons. The molecule has 6 nitrogen and oxygen atoms in total. The molecule has 0 aliphatic rings. The van der Waals surface area contributed by atoms with Crippen molar-refractivity contribution >= 4 is 17.3 Å². The zero-order valence-corrected chi connectivity index (χ0v) is 11.2. The van der Waals surface area contributed by atoms with E-state index >= 15 is 0 Å². The van der Waals surface area contributed by atoms with Gasteiger partial charge >= 0.3 is 0 Å². The second kappa shape index (κ2) is 6.72. The fourth-order valence-electron chi connectivity index (χ4n) is 1.88. The Hall–Kier alpha value is -2.11. The van der Waals surface area contributed by atoms with Gasteiger partial charge in [-0.25, -0.2) is 0 Å². The van der Waals surface area contributed by atoms with E-state index in [4.69, 9.17) is 5.73 Å². The number of amides is 1. The monoisotopic (exact) mass is 265 g/mol. The summed E-state index contributed by atoms with van der Waals surface area (Å²) in [5.74, 6) is -0.445. The number of nitrogens with two attached hydrogens (primary N) is 1. The molecule has 0 heterocycles. The summed E-state index contributed by atoms with van der Waals surface area (Å²) < 4.78 is 0. The highest BCUT2D eigenvalue weighted by molar-refractivity contribution is 5.99. The van der Waals surface area contributed by atoms with Gasteiger partial charge in [0.2, 0.25) is 0 Å². The number of nitrogens with one attached hydrogen (secondary N) is 1. The molecule has 0 aliphatic heterocycles. The molecule has 0 bridgehead atoms. The predicted octanol–water partition coefficient (Wildman–Crippen LogP) is 2.49. The summed E-state index contributed by atoms with van der Waals surface area (Å²) in [7, 11) is 0. The number of rotatable bonds is 6. The van der Waals surface area contributed by atoms with Gasteiger partial charge in [-0.1, -0.05) is 20.3 Å². The van der Waals surface area contributed by atoms with E-state index in [9.17, 15) is 14.9 Å². The molecule has 0 aliphatic carbocycles. The molecule has 3 N–H and O–H groups in total. The quantitative estimate of drug-likeness (QED) is 0.469. The van der Waals surface area contributed by atoms with E-state index in [0.29, 0.717) is 5.69 Å². The molecule has 1 aromatic carbocycles. The van der Waals surface area contributed by atoms with E-state index in [2.05, 4.69) is 5.32 Å². The SMILES string of the molecule is CCCC(CC)NC(=O)c1cc(N)ccc1[N+](=O)[O-]. The van der Waals surface area contributed by atoms with Gasteiger partial charge < -0.3 is 11.1 Å². The van der Waals surface area contributed by atoms with Crippen LogP contribution < -0.4 is 11.1 Å². The van der Waals surface area contributed by atoms with Gasteiger partial charge in [-0.05, 0) is 25.0 Å². The number of nitro benzene ring substituents is 1. The molecular formula is C13H19N3O3. The minimum atomic E-state index is -0.574. The number of carbonyl (C=O) groups is 1. The van der Waals surface area contributed by atoms with E-state index in [0.717, 1.165) is 19.3 Å². The number of nitro groups is 1. The predicted molar refractivity (Wildman–Crippen MR) is 74.0 cm³/mol. The third kappa shape index (κ3) is 3.94. The van der Waals surface area contributed by atoms with Crippen molar-refractivity contribution in [2.75, 3.05) is 5.73 Å². The molecule has 19 heavy (non-hydrogen) atoms. The topological polar surface area (TPSA) is 98.3 Å². The van der Waals surface area contributed by atoms with Crippen molar-refractivity contribution in [3.05, 3.63) is 33.9 Å². The van der Waals surface area contributed by atoms with Crippen LogP contribution in [0.5, 0.6) is 0 Å². The fraction of sp³-hybridized carbons (Fsp3) is 0.462. The lowest BCUT2D eigenvalue weighted by atomic mass is 10.1. The Balaban J connectivity index is 2.98. The Morgan fingerprint density at radius 2 is 2.16 bits per heavy atom. The highest BCUT2D eigenvalue weighted by Gasteiger charge is 2.21. The molecule has 0 fully saturated rings. The molecule has 6 heteroatoms. The summed E-state index contributed by atoms with van der Waals surface area (Å²) in [6, 6.07) is 4.04. The number of carbonyl (C=O) groups excluding carboxylic acids is 1. The standard InChI is InChI=1S/C13H19N3O3/c1-3-5-10(4-2)15-13(17)11-8-9(14)6-7-12(11)16(18)19/h6-8,10H,3-5,14H2,1-2H3,(H,15,17). The Morgan fingerprint density at radius 1 is 1.47 bits per heavy atom. The zero-order valence-electron chi connectivity index (χ0n) is 11.2. The van der Waals surface area contributed by atoms with Crippen LogP contribution in [-0.2, 0) is 0 Å². The Morgan fingerprint density at radius 3 is 2.68 bits per heavy atom. The van der Waals surface area contributed by atoms with Crippen molar-refractivity contribution in [1.29, 1.82) is 0 Å². The lowest BCUT2D eigenvalue weighted by Crippen LogP contribution is -2.34. The molecule has 1 amide bonds. The number of nitrogen functional groups attached to an aromatic ring is 1. The van der Waals surface area contributed by atoms with Crippen LogP contribution in [0.4, 0.5) is 11.4 Å². The molecule has 1 unspecified atom stereocenters. The van der Waals surface area contributed by atoms with Crippen LogP contribution in [0, 0.1) is 10.1 Å². The maximum Gasteiger partial charge on any atom is 0.282 e. The van der Waals surface area contributed by atoms with Crippen LogP contribution >= 0.6 is 0 Å². The van der Waals surface area contributed by atoms with Crippen molar-refractivity contribution in [2.24, 2.45) is 0 Å². The average Bonchev–Trinajstić information content (AvgIpc) is 2.37. The smallest absolute Gasteiger partial charge is 0.282 e. The minimum Gasteiger partial charge on any atom is -0.399 e. The maximum atomic E-state index is 12.1. The average molecular weight is 265 g/mol. The molecule has 0 saturated heterocycles. The van der Waals surface area contributed by atoms with Gasteiger partial charge in [-0.2, -0.15) is 0 Å². The van der Waals surface area contributed by atoms with Crippen LogP contribution in [0.1, 0.15) is 43.5 Å². The van der Waals surface area contributed by atoms with Crippen LogP contribution in [0.25, 0.3) is 0 Å². The Bertz CT molecular complexity index is 474. The van der Waals surface area contributed by atoms with E-state index in [1.165, 1.54) is 18.2 Å². The lowest BCUT2D eigenvalue weighted by molar-refractivity contribution is -0.385. The number of nitrogens with zero attached hydrogens (tertiary/aromatic N) is 1. The zero-order chi connectivity index (χ0) is 14.4. The van der Waals surface area contributed by atoms with Gasteiger partial charge in [0.05, 0.1) is 4.92 Å². The molecule has 1 aromatic rings. The molecule has 0 aromatic heterocycles. The van der Waals surface area contributed by atoms with E-state index in [1.54, 1.807) is 0 Å². The molecule has 0 saturated carbocycles. The summed E-state index contributed by atoms with van der Waals surface area (Å²) in [4.78, 5) is 22.4. The minimum absolute atomic E-state index is 0.0135. The summed E-state index contributed by atoms with van der Waals surface area (Å²) in [5.41, 5.74) is 5.71. The number of hydrogen-bond acceptors (Lipinski definition) is 4. The largest absolute Gasteiger partial charge is 0.399 e.